The first kappa shape index (κ1) is 18.7. The van der Waals surface area contributed by atoms with Gasteiger partial charge in [0.05, 0.1) is 5.69 Å². The molecule has 1 atom stereocenters. The lowest BCUT2D eigenvalue weighted by atomic mass is 10.0. The predicted octanol–water partition coefficient (Wildman–Crippen LogP) is 0.653. The summed E-state index contributed by atoms with van der Waals surface area (Å²) in [6.07, 6.45) is 0.630. The van der Waals surface area contributed by atoms with Gasteiger partial charge in [-0.2, -0.15) is 0 Å². The highest BCUT2D eigenvalue weighted by molar-refractivity contribution is 7.09. The van der Waals surface area contributed by atoms with Crippen molar-refractivity contribution in [2.45, 2.75) is 45.1 Å². The van der Waals surface area contributed by atoms with E-state index in [0.29, 0.717) is 38.2 Å². The minimum Gasteiger partial charge on any atom is -0.325 e. The first-order chi connectivity index (χ1) is 13.5. The third kappa shape index (κ3) is 3.68. The van der Waals surface area contributed by atoms with Crippen LogP contribution in [0.25, 0.3) is 0 Å². The third-order valence-corrected chi connectivity index (χ3v) is 5.92. The van der Waals surface area contributed by atoms with Crippen molar-refractivity contribution in [2.24, 2.45) is 5.73 Å². The fraction of sp³-hybridized carbons (Fsp3) is 0.368. The maximum Gasteiger partial charge on any atom is 0.255 e. The van der Waals surface area contributed by atoms with Crippen molar-refractivity contribution >= 4 is 29.1 Å². The van der Waals surface area contributed by atoms with Crippen LogP contribution in [0, 0.1) is 0 Å². The van der Waals surface area contributed by atoms with E-state index in [1.54, 1.807) is 16.2 Å². The van der Waals surface area contributed by atoms with Gasteiger partial charge in [0, 0.05) is 43.5 Å². The predicted molar refractivity (Wildman–Crippen MR) is 103 cm³/mol. The minimum atomic E-state index is -0.583. The van der Waals surface area contributed by atoms with E-state index in [1.807, 2.05) is 23.6 Å². The van der Waals surface area contributed by atoms with Crippen molar-refractivity contribution in [2.75, 3.05) is 0 Å². The molecule has 1 aromatic heterocycles. The number of fused-ring (bicyclic) bond motifs is 1. The average molecular weight is 399 g/mol. The largest absolute Gasteiger partial charge is 0.325 e. The number of nitrogens with two attached hydrogens (primary N) is 1. The van der Waals surface area contributed by atoms with E-state index >= 15 is 0 Å². The molecule has 0 saturated carbocycles. The van der Waals surface area contributed by atoms with Crippen LogP contribution in [0.4, 0.5) is 0 Å². The van der Waals surface area contributed by atoms with Crippen LogP contribution in [0.3, 0.4) is 0 Å². The summed E-state index contributed by atoms with van der Waals surface area (Å²) in [4.78, 5) is 42.3. The molecule has 1 saturated heterocycles. The van der Waals surface area contributed by atoms with Crippen molar-refractivity contribution in [3.05, 3.63) is 51.0 Å². The van der Waals surface area contributed by atoms with Crippen LogP contribution in [-0.2, 0) is 35.8 Å². The Balaban J connectivity index is 1.39. The number of benzene rings is 1. The Labute approximate surface area is 166 Å². The summed E-state index contributed by atoms with van der Waals surface area (Å²) in [6.45, 7) is 2.08. The van der Waals surface area contributed by atoms with Crippen molar-refractivity contribution in [3.8, 4) is 0 Å². The van der Waals surface area contributed by atoms with Crippen molar-refractivity contribution in [1.29, 1.82) is 0 Å². The lowest BCUT2D eigenvalue weighted by molar-refractivity contribution is -0.136. The van der Waals surface area contributed by atoms with Crippen molar-refractivity contribution in [1.82, 2.24) is 20.5 Å². The zero-order valence-corrected chi connectivity index (χ0v) is 16.1. The van der Waals surface area contributed by atoms with E-state index in [4.69, 9.17) is 5.73 Å². The van der Waals surface area contributed by atoms with Gasteiger partial charge in [-0.15, -0.1) is 11.3 Å². The number of thiazole rings is 1. The molecule has 0 spiro atoms. The van der Waals surface area contributed by atoms with Gasteiger partial charge >= 0.3 is 0 Å². The number of nitrogens with zero attached hydrogens (tertiary/aromatic N) is 2. The zero-order chi connectivity index (χ0) is 19.7. The van der Waals surface area contributed by atoms with Gasteiger partial charge in [-0.05, 0) is 23.6 Å². The minimum absolute atomic E-state index is 0.154. The Morgan fingerprint density at radius 2 is 2.14 bits per heavy atom. The number of nitrogens with one attached hydrogen (secondary N) is 2. The highest BCUT2D eigenvalue weighted by atomic mass is 32.1. The van der Waals surface area contributed by atoms with E-state index in [9.17, 15) is 14.4 Å². The van der Waals surface area contributed by atoms with Crippen LogP contribution in [-0.4, -0.2) is 33.6 Å². The highest BCUT2D eigenvalue weighted by Gasteiger charge is 2.39. The summed E-state index contributed by atoms with van der Waals surface area (Å²) < 4.78 is 0. The number of piperidine rings is 1. The van der Waals surface area contributed by atoms with E-state index in [2.05, 4.69) is 15.6 Å². The van der Waals surface area contributed by atoms with E-state index < -0.39 is 6.04 Å². The molecule has 146 valence electrons. The Morgan fingerprint density at radius 1 is 1.29 bits per heavy atom. The Hall–Kier alpha value is -2.62. The molecule has 28 heavy (non-hydrogen) atoms. The molecule has 2 aliphatic rings. The number of carbonyl (C=O) groups excluding carboxylic acids is 3. The summed E-state index contributed by atoms with van der Waals surface area (Å²) in [6, 6.07) is 5.22. The molecule has 9 heteroatoms. The van der Waals surface area contributed by atoms with Crippen LogP contribution in [0.15, 0.2) is 23.6 Å². The first-order valence-electron chi connectivity index (χ1n) is 9.15. The number of amides is 3. The van der Waals surface area contributed by atoms with Gasteiger partial charge in [0.2, 0.25) is 11.8 Å². The summed E-state index contributed by atoms with van der Waals surface area (Å²) in [5, 5.41) is 8.54. The molecule has 4 N–H and O–H groups in total. The molecule has 0 bridgehead atoms. The molecular weight excluding hydrogens is 378 g/mol. The lowest BCUT2D eigenvalue weighted by Gasteiger charge is -2.29. The second-order valence-electron chi connectivity index (χ2n) is 6.93. The average Bonchev–Trinajstić information content (AvgIpc) is 3.27. The van der Waals surface area contributed by atoms with Crippen LogP contribution < -0.4 is 16.4 Å². The molecule has 3 heterocycles. The summed E-state index contributed by atoms with van der Waals surface area (Å²) >= 11 is 1.55. The first-order valence-corrected chi connectivity index (χ1v) is 10.0. The summed E-state index contributed by atoms with van der Waals surface area (Å²) in [5.41, 5.74) is 9.06. The molecular formula is C19H21N5O3S. The summed E-state index contributed by atoms with van der Waals surface area (Å²) in [7, 11) is 0. The monoisotopic (exact) mass is 399 g/mol. The van der Waals surface area contributed by atoms with Crippen LogP contribution in [0.1, 0.15) is 45.0 Å². The van der Waals surface area contributed by atoms with Gasteiger partial charge in [0.1, 0.15) is 11.0 Å². The van der Waals surface area contributed by atoms with Gasteiger partial charge in [0.25, 0.3) is 5.91 Å². The van der Waals surface area contributed by atoms with E-state index in [1.165, 1.54) is 0 Å². The van der Waals surface area contributed by atoms with Crippen molar-refractivity contribution < 1.29 is 14.4 Å². The molecule has 3 amide bonds. The number of carbonyl (C=O) groups is 3. The molecule has 2 aliphatic heterocycles. The van der Waals surface area contributed by atoms with Gasteiger partial charge in [-0.25, -0.2) is 4.98 Å². The van der Waals surface area contributed by atoms with Crippen LogP contribution >= 0.6 is 11.3 Å². The van der Waals surface area contributed by atoms with Crippen LogP contribution in [0.2, 0.25) is 0 Å². The molecule has 1 aromatic carbocycles. The Kier molecular flexibility index (Phi) is 5.21. The Bertz CT molecular complexity index is 941. The number of hydrogen-bond acceptors (Lipinski definition) is 7. The smallest absolute Gasteiger partial charge is 0.255 e. The standard InChI is InChI=1S/C19H21N5O3S/c20-6-17-22-13(10-28-17)8-21-7-11-1-2-12-9-24(19(27)14(12)5-11)15-3-4-16(25)23-18(15)26/h1-2,5,10,15,21H,3-4,6-9,20H2,(H,23,25,26). The number of imide groups is 1. The molecule has 0 aliphatic carbocycles. The Morgan fingerprint density at radius 3 is 2.89 bits per heavy atom. The van der Waals surface area contributed by atoms with Gasteiger partial charge in [0.15, 0.2) is 0 Å². The maximum atomic E-state index is 12.8. The maximum absolute atomic E-state index is 12.8. The number of rotatable bonds is 6. The number of aromatic nitrogens is 1. The normalized spacial score (nSPS) is 19.1. The molecule has 8 nitrogen and oxygen atoms in total. The van der Waals surface area contributed by atoms with Crippen LogP contribution in [0.5, 0.6) is 0 Å². The molecule has 2 aromatic rings. The highest BCUT2D eigenvalue weighted by Crippen LogP contribution is 2.28. The van der Waals surface area contributed by atoms with E-state index in [0.717, 1.165) is 21.8 Å². The SMILES string of the molecule is NCc1nc(CNCc2ccc3c(c2)C(=O)N(C2CCC(=O)NC2=O)C3)cs1. The third-order valence-electron chi connectivity index (χ3n) is 5.00. The van der Waals surface area contributed by atoms with Gasteiger partial charge in [-0.1, -0.05) is 12.1 Å². The fourth-order valence-corrected chi connectivity index (χ4v) is 4.24. The number of hydrogen-bond donors (Lipinski definition) is 3. The van der Waals surface area contributed by atoms with Crippen molar-refractivity contribution in [3.63, 3.8) is 0 Å². The second kappa shape index (κ2) is 7.78. The lowest BCUT2D eigenvalue weighted by Crippen LogP contribution is -2.52. The van der Waals surface area contributed by atoms with Gasteiger partial charge in [-0.3, -0.25) is 19.7 Å². The summed E-state index contributed by atoms with van der Waals surface area (Å²) in [5.74, 6) is -0.824. The molecule has 4 rings (SSSR count). The molecule has 0 radical (unpaired) electrons. The second-order valence-corrected chi connectivity index (χ2v) is 7.87. The van der Waals surface area contributed by atoms with Gasteiger partial charge < -0.3 is 16.0 Å². The zero-order valence-electron chi connectivity index (χ0n) is 15.2. The quantitative estimate of drug-likeness (QED) is 0.614. The topological polar surface area (TPSA) is 117 Å². The fourth-order valence-electron chi connectivity index (χ4n) is 3.57. The molecule has 1 fully saturated rings. The van der Waals surface area contributed by atoms with E-state index in [-0.39, 0.29) is 24.1 Å². The molecule has 1 unspecified atom stereocenters.